The summed E-state index contributed by atoms with van der Waals surface area (Å²) in [6.45, 7) is 9.91. The summed E-state index contributed by atoms with van der Waals surface area (Å²) in [5.74, 6) is 2.25. The molecule has 5 rings (SSSR count). The van der Waals surface area contributed by atoms with Gasteiger partial charge in [0, 0.05) is 25.5 Å². The Hall–Kier alpha value is -1.86. The molecule has 0 amide bonds. The molecule has 1 heterocycles. The first-order valence-corrected chi connectivity index (χ1v) is 15.7. The number of hydrogen-bond acceptors (Lipinski definition) is 6. The molecule has 32 heavy (non-hydrogen) atoms. The molecule has 0 spiro atoms. The molecule has 7 atom stereocenters. The minimum absolute atomic E-state index is 0.0607. The van der Waals surface area contributed by atoms with E-state index in [9.17, 15) is 9.90 Å². The molecule has 1 unspecified atom stereocenters. The van der Waals surface area contributed by atoms with Gasteiger partial charge in [0.05, 0.1) is 12.6 Å². The SMILES string of the molecule is CCCCOc1noc2c1C(=O)C1=C(O)[C@H]3[C@@H](C[C@H]1[C@H]2N(C)C)[C@H]1C=C[C@@H]3C1[Si](C)(C)C. The third-order valence-electron chi connectivity index (χ3n) is 8.35. The molecule has 4 aliphatic carbocycles. The molecule has 6 nitrogen and oxygen atoms in total. The van der Waals surface area contributed by atoms with E-state index >= 15 is 0 Å². The molecule has 0 aromatic carbocycles. The number of carbonyl (C=O) groups excluding carboxylic acids is 1. The first kappa shape index (κ1) is 22.0. The van der Waals surface area contributed by atoms with Crippen molar-refractivity contribution in [1.29, 1.82) is 0 Å². The Morgan fingerprint density at radius 2 is 1.97 bits per heavy atom. The van der Waals surface area contributed by atoms with Crippen LogP contribution in [0.3, 0.4) is 0 Å². The van der Waals surface area contributed by atoms with Crippen molar-refractivity contribution in [2.45, 2.75) is 57.4 Å². The average molecular weight is 457 g/mol. The lowest BCUT2D eigenvalue weighted by atomic mass is 9.63. The Balaban J connectivity index is 1.59. The molecule has 0 aliphatic heterocycles. The number of unbranched alkanes of at least 4 members (excludes halogenated alkanes) is 1. The fraction of sp³-hybridized carbons (Fsp3) is 0.680. The van der Waals surface area contributed by atoms with Crippen LogP contribution in [0.5, 0.6) is 5.88 Å². The quantitative estimate of drug-likeness (QED) is 0.358. The summed E-state index contributed by atoms with van der Waals surface area (Å²) < 4.78 is 11.6. The van der Waals surface area contributed by atoms with Crippen LogP contribution in [0.1, 0.15) is 48.3 Å². The minimum atomic E-state index is -1.43. The van der Waals surface area contributed by atoms with Gasteiger partial charge in [-0.2, -0.15) is 0 Å². The minimum Gasteiger partial charge on any atom is -0.512 e. The zero-order chi connectivity index (χ0) is 22.9. The Kier molecular flexibility index (Phi) is 5.21. The lowest BCUT2D eigenvalue weighted by Gasteiger charge is -2.43. The fourth-order valence-corrected chi connectivity index (χ4v) is 10.2. The molecule has 1 fully saturated rings. The maximum atomic E-state index is 13.8. The molecule has 7 heteroatoms. The number of hydrogen-bond donors (Lipinski definition) is 1. The molecular formula is C25H36N2O4Si. The number of carbonyl (C=O) groups is 1. The second-order valence-electron chi connectivity index (χ2n) is 11.4. The molecule has 1 aromatic rings. The number of ketones is 1. The van der Waals surface area contributed by atoms with Crippen molar-refractivity contribution < 1.29 is 19.2 Å². The number of ether oxygens (including phenoxy) is 1. The monoisotopic (exact) mass is 456 g/mol. The number of aliphatic hydroxyl groups excluding tert-OH is 1. The molecule has 0 radical (unpaired) electrons. The Morgan fingerprint density at radius 3 is 2.62 bits per heavy atom. The fourth-order valence-electron chi connectivity index (χ4n) is 7.25. The van der Waals surface area contributed by atoms with Crippen LogP contribution in [0.25, 0.3) is 0 Å². The maximum absolute atomic E-state index is 13.8. The number of aromatic nitrogens is 1. The molecule has 174 valence electrons. The van der Waals surface area contributed by atoms with E-state index in [0.717, 1.165) is 19.3 Å². The van der Waals surface area contributed by atoms with Crippen LogP contribution >= 0.6 is 0 Å². The van der Waals surface area contributed by atoms with Crippen molar-refractivity contribution in [3.05, 3.63) is 34.8 Å². The van der Waals surface area contributed by atoms with E-state index in [2.05, 4.69) is 48.8 Å². The van der Waals surface area contributed by atoms with E-state index in [1.165, 1.54) is 0 Å². The van der Waals surface area contributed by atoms with Crippen molar-refractivity contribution in [3.8, 4) is 5.88 Å². The van der Waals surface area contributed by atoms with Crippen molar-refractivity contribution in [1.82, 2.24) is 10.1 Å². The highest BCUT2D eigenvalue weighted by Crippen LogP contribution is 2.66. The summed E-state index contributed by atoms with van der Waals surface area (Å²) >= 11 is 0. The number of Topliss-reactive ketones (excluding diaryl/α,β-unsaturated/α-hetero) is 1. The number of nitrogens with zero attached hydrogens (tertiary/aromatic N) is 2. The Bertz CT molecular complexity index is 989. The highest BCUT2D eigenvalue weighted by molar-refractivity contribution is 6.77. The summed E-state index contributed by atoms with van der Waals surface area (Å²) in [6.07, 6.45) is 7.52. The first-order chi connectivity index (χ1) is 15.2. The number of rotatable bonds is 6. The smallest absolute Gasteiger partial charge is 0.265 e. The second-order valence-corrected chi connectivity index (χ2v) is 16.8. The number of allylic oxidation sites excluding steroid dienone is 3. The van der Waals surface area contributed by atoms with E-state index in [1.807, 2.05) is 14.1 Å². The summed E-state index contributed by atoms with van der Waals surface area (Å²) in [5, 5.41) is 15.8. The van der Waals surface area contributed by atoms with Crippen LogP contribution in [0.2, 0.25) is 25.2 Å². The summed E-state index contributed by atoms with van der Waals surface area (Å²) in [7, 11) is 2.59. The van der Waals surface area contributed by atoms with Crippen LogP contribution in [0.4, 0.5) is 0 Å². The Morgan fingerprint density at radius 1 is 1.25 bits per heavy atom. The molecule has 2 bridgehead atoms. The van der Waals surface area contributed by atoms with Gasteiger partial charge in [0.25, 0.3) is 5.88 Å². The largest absolute Gasteiger partial charge is 0.512 e. The molecule has 1 N–H and O–H groups in total. The summed E-state index contributed by atoms with van der Waals surface area (Å²) in [6, 6.07) is -0.134. The second kappa shape index (κ2) is 7.59. The third kappa shape index (κ3) is 3.00. The number of fused-ring (bicyclic) bond motifs is 7. The predicted molar refractivity (Wildman–Crippen MR) is 126 cm³/mol. The Labute approximate surface area is 191 Å². The van der Waals surface area contributed by atoms with Crippen LogP contribution in [-0.4, -0.2) is 49.7 Å². The molecule has 0 saturated heterocycles. The van der Waals surface area contributed by atoms with Crippen molar-refractivity contribution in [3.63, 3.8) is 0 Å². The highest BCUT2D eigenvalue weighted by Gasteiger charge is 2.61. The van der Waals surface area contributed by atoms with E-state index in [-0.39, 0.29) is 29.5 Å². The lowest BCUT2D eigenvalue weighted by Crippen LogP contribution is -2.42. The summed E-state index contributed by atoms with van der Waals surface area (Å²) in [4.78, 5) is 15.9. The summed E-state index contributed by atoms with van der Waals surface area (Å²) in [5.41, 5.74) is 1.62. The molecule has 1 aromatic heterocycles. The van der Waals surface area contributed by atoms with Gasteiger partial charge in [0.1, 0.15) is 11.3 Å². The van der Waals surface area contributed by atoms with Gasteiger partial charge in [-0.25, -0.2) is 0 Å². The van der Waals surface area contributed by atoms with Gasteiger partial charge in [-0.15, -0.1) is 0 Å². The van der Waals surface area contributed by atoms with Gasteiger partial charge in [0.2, 0.25) is 5.78 Å². The van der Waals surface area contributed by atoms with E-state index in [4.69, 9.17) is 9.26 Å². The normalized spacial score (nSPS) is 35.3. The number of aliphatic hydroxyl groups is 1. The predicted octanol–water partition coefficient (Wildman–Crippen LogP) is 5.24. The van der Waals surface area contributed by atoms with Gasteiger partial charge in [-0.1, -0.05) is 45.1 Å². The van der Waals surface area contributed by atoms with Crippen molar-refractivity contribution >= 4 is 13.9 Å². The zero-order valence-corrected chi connectivity index (χ0v) is 21.1. The van der Waals surface area contributed by atoms with Crippen molar-refractivity contribution in [2.24, 2.45) is 29.6 Å². The highest BCUT2D eigenvalue weighted by atomic mass is 28.3. The lowest BCUT2D eigenvalue weighted by molar-refractivity contribution is 0.0821. The average Bonchev–Trinajstić information content (AvgIpc) is 3.40. The maximum Gasteiger partial charge on any atom is 0.265 e. The van der Waals surface area contributed by atoms with Gasteiger partial charge in [-0.05, 0) is 55.4 Å². The molecule has 1 saturated carbocycles. The van der Waals surface area contributed by atoms with Crippen LogP contribution < -0.4 is 4.74 Å². The van der Waals surface area contributed by atoms with E-state index < -0.39 is 8.07 Å². The van der Waals surface area contributed by atoms with Gasteiger partial charge >= 0.3 is 0 Å². The topological polar surface area (TPSA) is 75.8 Å². The third-order valence-corrected chi connectivity index (χ3v) is 11.1. The van der Waals surface area contributed by atoms with Gasteiger partial charge < -0.3 is 14.4 Å². The van der Waals surface area contributed by atoms with Gasteiger partial charge in [0.15, 0.2) is 5.76 Å². The van der Waals surface area contributed by atoms with Crippen LogP contribution in [0.15, 0.2) is 28.0 Å². The first-order valence-electron chi connectivity index (χ1n) is 12.1. The van der Waals surface area contributed by atoms with Crippen molar-refractivity contribution in [2.75, 3.05) is 20.7 Å². The van der Waals surface area contributed by atoms with Gasteiger partial charge in [-0.3, -0.25) is 9.69 Å². The van der Waals surface area contributed by atoms with E-state index in [1.54, 1.807) is 0 Å². The van der Waals surface area contributed by atoms with Crippen LogP contribution in [-0.2, 0) is 0 Å². The van der Waals surface area contributed by atoms with E-state index in [0.29, 0.717) is 52.6 Å². The molecular weight excluding hydrogens is 420 g/mol. The molecule has 4 aliphatic rings. The zero-order valence-electron chi connectivity index (χ0n) is 20.1. The van der Waals surface area contributed by atoms with Crippen LogP contribution in [0, 0.1) is 29.6 Å². The standard InChI is InChI=1S/C25H36N2O4Si/c1-7-8-11-30-25-19-22(29)18-16(20(27(2)3)23(19)31-26-25)12-15-13-9-10-14(17(15)21(18)28)24(13)32(4,5)6/h9-10,13-17,20,24,28H,7-8,11-12H2,1-6H3/t13-,14+,15+,16-,17-,20-,24?/m1/s1.